The van der Waals surface area contributed by atoms with Crippen LogP contribution in [0.5, 0.6) is 5.75 Å². The molecule has 0 aliphatic heterocycles. The molecule has 0 saturated heterocycles. The van der Waals surface area contributed by atoms with E-state index in [9.17, 15) is 4.79 Å². The van der Waals surface area contributed by atoms with E-state index in [0.717, 1.165) is 45.3 Å². The minimum atomic E-state index is 0.0705. The second kappa shape index (κ2) is 6.36. The third-order valence-corrected chi connectivity index (χ3v) is 5.01. The average Bonchev–Trinajstić information content (AvgIpc) is 2.72. The Labute approximate surface area is 157 Å². The van der Waals surface area contributed by atoms with Crippen molar-refractivity contribution in [2.45, 2.75) is 13.0 Å². The average molecular weight is 351 g/mol. The van der Waals surface area contributed by atoms with Crippen molar-refractivity contribution in [3.63, 3.8) is 0 Å². The Morgan fingerprint density at radius 2 is 1.63 bits per heavy atom. The quantitative estimate of drug-likeness (QED) is 0.462. The van der Waals surface area contributed by atoms with Gasteiger partial charge in [0, 0.05) is 16.5 Å². The summed E-state index contributed by atoms with van der Waals surface area (Å²) in [4.78, 5) is 17.4. The SMILES string of the molecule is O=C1c2ccccc2Cc2ccc(OCc3ccc4ccccc4n3)cc21. The first kappa shape index (κ1) is 15.8. The Balaban J connectivity index is 1.39. The number of pyridine rings is 1. The zero-order chi connectivity index (χ0) is 18.2. The van der Waals surface area contributed by atoms with E-state index in [1.807, 2.05) is 78.9 Å². The fourth-order valence-corrected chi connectivity index (χ4v) is 3.60. The van der Waals surface area contributed by atoms with Gasteiger partial charge in [-0.3, -0.25) is 4.79 Å². The summed E-state index contributed by atoms with van der Waals surface area (Å²) in [7, 11) is 0. The molecule has 0 bridgehead atoms. The van der Waals surface area contributed by atoms with Crippen LogP contribution < -0.4 is 4.74 Å². The molecule has 5 rings (SSSR count). The Kier molecular flexibility index (Phi) is 3.72. The van der Waals surface area contributed by atoms with E-state index in [2.05, 4.69) is 4.98 Å². The summed E-state index contributed by atoms with van der Waals surface area (Å²) in [6.07, 6.45) is 0.782. The van der Waals surface area contributed by atoms with Gasteiger partial charge >= 0.3 is 0 Å². The third kappa shape index (κ3) is 2.87. The van der Waals surface area contributed by atoms with Gasteiger partial charge < -0.3 is 4.74 Å². The number of hydrogen-bond acceptors (Lipinski definition) is 3. The molecule has 130 valence electrons. The predicted molar refractivity (Wildman–Crippen MR) is 105 cm³/mol. The van der Waals surface area contributed by atoms with Crippen molar-refractivity contribution in [2.75, 3.05) is 0 Å². The van der Waals surface area contributed by atoms with Gasteiger partial charge in [0.05, 0.1) is 11.2 Å². The molecule has 0 radical (unpaired) electrons. The summed E-state index contributed by atoms with van der Waals surface area (Å²) < 4.78 is 5.93. The topological polar surface area (TPSA) is 39.2 Å². The Morgan fingerprint density at radius 1 is 0.815 bits per heavy atom. The van der Waals surface area contributed by atoms with Crippen molar-refractivity contribution in [1.82, 2.24) is 4.98 Å². The molecule has 0 saturated carbocycles. The molecule has 0 fully saturated rings. The maximum absolute atomic E-state index is 12.8. The van der Waals surface area contributed by atoms with Crippen LogP contribution in [0.25, 0.3) is 10.9 Å². The zero-order valence-electron chi connectivity index (χ0n) is 14.7. The molecule has 0 spiro atoms. The van der Waals surface area contributed by atoms with Gasteiger partial charge in [0.1, 0.15) is 12.4 Å². The summed E-state index contributed by atoms with van der Waals surface area (Å²) in [5.41, 5.74) is 5.48. The van der Waals surface area contributed by atoms with Crippen LogP contribution >= 0.6 is 0 Å². The highest BCUT2D eigenvalue weighted by atomic mass is 16.5. The lowest BCUT2D eigenvalue weighted by Crippen LogP contribution is -2.15. The van der Waals surface area contributed by atoms with Gasteiger partial charge in [-0.2, -0.15) is 0 Å². The van der Waals surface area contributed by atoms with Gasteiger partial charge in [0.15, 0.2) is 5.78 Å². The highest BCUT2D eigenvalue weighted by Gasteiger charge is 2.23. The van der Waals surface area contributed by atoms with Gasteiger partial charge in [-0.15, -0.1) is 0 Å². The van der Waals surface area contributed by atoms with Crippen molar-refractivity contribution in [3.05, 3.63) is 107 Å². The summed E-state index contributed by atoms with van der Waals surface area (Å²) in [5, 5.41) is 1.11. The van der Waals surface area contributed by atoms with E-state index in [4.69, 9.17) is 4.74 Å². The van der Waals surface area contributed by atoms with Crippen molar-refractivity contribution >= 4 is 16.7 Å². The fraction of sp³-hybridized carbons (Fsp3) is 0.0833. The van der Waals surface area contributed by atoms with E-state index in [0.29, 0.717) is 12.4 Å². The van der Waals surface area contributed by atoms with Gasteiger partial charge in [0.25, 0.3) is 0 Å². The number of nitrogens with zero attached hydrogens (tertiary/aromatic N) is 1. The van der Waals surface area contributed by atoms with Gasteiger partial charge in [-0.1, -0.05) is 54.6 Å². The first-order valence-electron chi connectivity index (χ1n) is 9.01. The molecular weight excluding hydrogens is 334 g/mol. The molecule has 0 amide bonds. The molecule has 1 aliphatic carbocycles. The normalized spacial score (nSPS) is 12.5. The highest BCUT2D eigenvalue weighted by molar-refractivity contribution is 6.12. The zero-order valence-corrected chi connectivity index (χ0v) is 14.7. The van der Waals surface area contributed by atoms with Crippen LogP contribution in [0.1, 0.15) is 32.7 Å². The number of carbonyl (C=O) groups is 1. The molecule has 1 aromatic heterocycles. The summed E-state index contributed by atoms with van der Waals surface area (Å²) in [6, 6.07) is 25.6. The van der Waals surface area contributed by atoms with Gasteiger partial charge in [0.2, 0.25) is 0 Å². The van der Waals surface area contributed by atoms with Crippen molar-refractivity contribution in [3.8, 4) is 5.75 Å². The second-order valence-corrected chi connectivity index (χ2v) is 6.77. The number of ether oxygens (including phenoxy) is 1. The molecule has 0 atom stereocenters. The van der Waals surface area contributed by atoms with Crippen LogP contribution in [0.2, 0.25) is 0 Å². The Bertz CT molecular complexity index is 1180. The summed E-state index contributed by atoms with van der Waals surface area (Å²) in [6.45, 7) is 0.369. The molecule has 27 heavy (non-hydrogen) atoms. The Morgan fingerprint density at radius 3 is 2.59 bits per heavy atom. The van der Waals surface area contributed by atoms with Crippen LogP contribution in [-0.4, -0.2) is 10.8 Å². The maximum Gasteiger partial charge on any atom is 0.193 e. The van der Waals surface area contributed by atoms with E-state index in [1.54, 1.807) is 0 Å². The number of para-hydroxylation sites is 1. The van der Waals surface area contributed by atoms with Crippen molar-refractivity contribution in [1.29, 1.82) is 0 Å². The lowest BCUT2D eigenvalue weighted by atomic mass is 9.85. The van der Waals surface area contributed by atoms with Gasteiger partial charge in [-0.25, -0.2) is 4.98 Å². The van der Waals surface area contributed by atoms with Crippen LogP contribution in [0.3, 0.4) is 0 Å². The monoisotopic (exact) mass is 351 g/mol. The van der Waals surface area contributed by atoms with Crippen LogP contribution in [0.4, 0.5) is 0 Å². The molecular formula is C24H17NO2. The standard InChI is InChI=1S/C24H17NO2/c26-24-21-7-3-1-6-17(21)13-18-10-12-20(14-22(18)24)27-15-19-11-9-16-5-2-4-8-23(16)25-19/h1-12,14H,13,15H2. The number of fused-ring (bicyclic) bond motifs is 3. The Hall–Kier alpha value is -3.46. The van der Waals surface area contributed by atoms with Crippen molar-refractivity contribution in [2.24, 2.45) is 0 Å². The van der Waals surface area contributed by atoms with E-state index < -0.39 is 0 Å². The molecule has 3 heteroatoms. The molecule has 1 heterocycles. The van der Waals surface area contributed by atoms with E-state index in [-0.39, 0.29) is 5.78 Å². The van der Waals surface area contributed by atoms with Crippen LogP contribution in [0.15, 0.2) is 78.9 Å². The predicted octanol–water partition coefficient (Wildman–Crippen LogP) is 4.95. The maximum atomic E-state index is 12.8. The number of hydrogen-bond donors (Lipinski definition) is 0. The molecule has 3 nitrogen and oxygen atoms in total. The lowest BCUT2D eigenvalue weighted by molar-refractivity contribution is 0.103. The first-order valence-corrected chi connectivity index (χ1v) is 9.01. The number of rotatable bonds is 3. The first-order chi connectivity index (χ1) is 13.3. The van der Waals surface area contributed by atoms with Crippen LogP contribution in [-0.2, 0) is 13.0 Å². The lowest BCUT2D eigenvalue weighted by Gasteiger charge is -2.19. The van der Waals surface area contributed by atoms with Crippen LogP contribution in [0, 0.1) is 0 Å². The number of ketones is 1. The second-order valence-electron chi connectivity index (χ2n) is 6.77. The third-order valence-electron chi connectivity index (χ3n) is 5.01. The van der Waals surface area contributed by atoms with E-state index in [1.165, 1.54) is 0 Å². The molecule has 4 aromatic rings. The summed E-state index contributed by atoms with van der Waals surface area (Å²) in [5.74, 6) is 0.762. The minimum Gasteiger partial charge on any atom is -0.487 e. The summed E-state index contributed by atoms with van der Waals surface area (Å²) >= 11 is 0. The van der Waals surface area contributed by atoms with Crippen molar-refractivity contribution < 1.29 is 9.53 Å². The molecule has 3 aromatic carbocycles. The highest BCUT2D eigenvalue weighted by Crippen LogP contribution is 2.30. The minimum absolute atomic E-state index is 0.0705. The molecule has 1 aliphatic rings. The number of carbonyl (C=O) groups excluding carboxylic acids is 1. The fourth-order valence-electron chi connectivity index (χ4n) is 3.60. The molecule has 0 N–H and O–H groups in total. The smallest absolute Gasteiger partial charge is 0.193 e. The number of aromatic nitrogens is 1. The number of benzene rings is 3. The molecule has 0 unspecified atom stereocenters. The van der Waals surface area contributed by atoms with E-state index >= 15 is 0 Å². The van der Waals surface area contributed by atoms with Gasteiger partial charge in [-0.05, 0) is 41.8 Å². The largest absolute Gasteiger partial charge is 0.487 e.